The fraction of sp³-hybridized carbons (Fsp3) is 0. The summed E-state index contributed by atoms with van der Waals surface area (Å²) in [7, 11) is 0. The lowest BCUT2D eigenvalue weighted by atomic mass is 10.1. The van der Waals surface area contributed by atoms with Crippen molar-refractivity contribution >= 4 is 28.7 Å². The summed E-state index contributed by atoms with van der Waals surface area (Å²) < 4.78 is 1.30. The lowest BCUT2D eigenvalue weighted by Crippen LogP contribution is -2.49. The second kappa shape index (κ2) is 9.05. The molecule has 1 aliphatic heterocycles. The maximum absolute atomic E-state index is 14.0. The molecule has 0 bridgehead atoms. The first-order valence-electron chi connectivity index (χ1n) is 11.7. The van der Waals surface area contributed by atoms with Gasteiger partial charge >= 0.3 is 0 Å². The van der Waals surface area contributed by atoms with Gasteiger partial charge in [-0.25, -0.2) is 9.98 Å². The summed E-state index contributed by atoms with van der Waals surface area (Å²) in [4.78, 5) is 37.4. The molecule has 1 N–H and O–H groups in total. The number of fused-ring (bicyclic) bond motifs is 1. The number of phenolic OH excluding ortho intramolecular Hbond substituents is 1. The van der Waals surface area contributed by atoms with E-state index in [2.05, 4.69) is 4.99 Å². The molecule has 0 spiro atoms. The summed E-state index contributed by atoms with van der Waals surface area (Å²) in [6, 6.07) is 32.1. The highest BCUT2D eigenvalue weighted by Gasteiger charge is 2.35. The number of aromatic nitrogens is 2. The van der Waals surface area contributed by atoms with Crippen LogP contribution in [0.1, 0.15) is 11.1 Å². The van der Waals surface area contributed by atoms with Crippen LogP contribution in [-0.4, -0.2) is 26.5 Å². The first kappa shape index (κ1) is 22.2. The van der Waals surface area contributed by atoms with Gasteiger partial charge in [0.1, 0.15) is 11.4 Å². The molecule has 0 saturated carbocycles. The Balaban J connectivity index is 1.63. The minimum Gasteiger partial charge on any atom is -0.508 e. The second-order valence-electron chi connectivity index (χ2n) is 8.48. The Morgan fingerprint density at radius 2 is 1.41 bits per heavy atom. The average molecular weight is 485 g/mol. The van der Waals surface area contributed by atoms with E-state index < -0.39 is 5.91 Å². The highest BCUT2D eigenvalue weighted by Crippen LogP contribution is 2.26. The van der Waals surface area contributed by atoms with Crippen LogP contribution in [0.25, 0.3) is 28.4 Å². The maximum Gasteiger partial charge on any atom is 0.297 e. The number of carbonyl (C=O) groups is 1. The lowest BCUT2D eigenvalue weighted by Gasteiger charge is -2.23. The molecule has 0 aliphatic carbocycles. The molecule has 178 valence electrons. The van der Waals surface area contributed by atoms with Gasteiger partial charge in [-0.05, 0) is 35.9 Å². The third kappa shape index (κ3) is 3.98. The Bertz CT molecular complexity index is 1770. The molecule has 7 nitrogen and oxygen atoms in total. The number of phenols is 1. The summed E-state index contributed by atoms with van der Waals surface area (Å²) in [6.45, 7) is 0. The Morgan fingerprint density at radius 1 is 0.730 bits per heavy atom. The molecule has 1 aromatic heterocycles. The van der Waals surface area contributed by atoms with E-state index in [1.54, 1.807) is 48.5 Å². The van der Waals surface area contributed by atoms with Gasteiger partial charge in [0.2, 0.25) is 0 Å². The molecule has 2 heterocycles. The largest absolute Gasteiger partial charge is 0.508 e. The van der Waals surface area contributed by atoms with E-state index in [-0.39, 0.29) is 17.0 Å². The summed E-state index contributed by atoms with van der Waals surface area (Å²) in [5, 5.41) is 11.6. The van der Waals surface area contributed by atoms with E-state index in [0.29, 0.717) is 39.3 Å². The maximum atomic E-state index is 14.0. The Morgan fingerprint density at radius 3 is 2.14 bits per heavy atom. The standard InChI is InChI=1S/C30H20N4O3/c35-23-15-9-10-20(18-23)19-26-30(37)34(28(32-26)22-13-5-2-6-14-22)33-27(21-11-3-1-4-12-21)31-25-17-8-7-16-24(25)29(33)36/h1-19,35H. The highest BCUT2D eigenvalue weighted by atomic mass is 16.3. The second-order valence-corrected chi connectivity index (χ2v) is 8.48. The van der Waals surface area contributed by atoms with Gasteiger partial charge in [0, 0.05) is 11.1 Å². The van der Waals surface area contributed by atoms with Crippen LogP contribution in [0, 0.1) is 0 Å². The number of amidine groups is 1. The monoisotopic (exact) mass is 484 g/mol. The topological polar surface area (TPSA) is 87.8 Å². The van der Waals surface area contributed by atoms with Crippen molar-refractivity contribution in [2.24, 2.45) is 4.99 Å². The number of rotatable bonds is 4. The lowest BCUT2D eigenvalue weighted by molar-refractivity contribution is -0.115. The van der Waals surface area contributed by atoms with Crippen LogP contribution in [0.3, 0.4) is 0 Å². The van der Waals surface area contributed by atoms with Crippen molar-refractivity contribution < 1.29 is 9.90 Å². The summed E-state index contributed by atoms with van der Waals surface area (Å²) in [5.74, 6) is 0.206. The third-order valence-corrected chi connectivity index (χ3v) is 6.03. The summed E-state index contributed by atoms with van der Waals surface area (Å²) >= 11 is 0. The van der Waals surface area contributed by atoms with Crippen molar-refractivity contribution in [2.45, 2.75) is 0 Å². The minimum absolute atomic E-state index is 0.0743. The fourth-order valence-corrected chi connectivity index (χ4v) is 4.32. The molecule has 0 radical (unpaired) electrons. The minimum atomic E-state index is -0.487. The van der Waals surface area contributed by atoms with Gasteiger partial charge in [0.15, 0.2) is 11.7 Å². The van der Waals surface area contributed by atoms with Crippen LogP contribution in [-0.2, 0) is 4.79 Å². The SMILES string of the molecule is O=C1C(=Cc2cccc(O)c2)N=C(c2ccccc2)N1n1c(-c2ccccc2)nc2ccccc2c1=O. The van der Waals surface area contributed by atoms with Crippen LogP contribution in [0.5, 0.6) is 5.75 Å². The van der Waals surface area contributed by atoms with Gasteiger partial charge in [0.25, 0.3) is 11.5 Å². The van der Waals surface area contributed by atoms with Crippen molar-refractivity contribution in [1.29, 1.82) is 0 Å². The number of amides is 1. The van der Waals surface area contributed by atoms with Crippen molar-refractivity contribution in [3.8, 4) is 17.1 Å². The zero-order valence-corrected chi connectivity index (χ0v) is 19.5. The van der Waals surface area contributed by atoms with Crippen LogP contribution in [0.4, 0.5) is 0 Å². The molecule has 0 atom stereocenters. The van der Waals surface area contributed by atoms with E-state index in [9.17, 15) is 14.7 Å². The number of aliphatic imine (C=N–C) groups is 1. The molecule has 6 rings (SSSR count). The van der Waals surface area contributed by atoms with Gasteiger partial charge in [-0.1, -0.05) is 84.9 Å². The first-order chi connectivity index (χ1) is 18.1. The molecule has 0 fully saturated rings. The Hall–Kier alpha value is -5.30. The molecule has 37 heavy (non-hydrogen) atoms. The molecule has 1 amide bonds. The predicted molar refractivity (Wildman–Crippen MR) is 144 cm³/mol. The van der Waals surface area contributed by atoms with Crippen LogP contribution >= 0.6 is 0 Å². The molecular formula is C30H20N4O3. The van der Waals surface area contributed by atoms with Crippen molar-refractivity contribution in [1.82, 2.24) is 9.66 Å². The zero-order valence-electron chi connectivity index (χ0n) is 19.5. The average Bonchev–Trinajstić information content (AvgIpc) is 3.25. The van der Waals surface area contributed by atoms with Gasteiger partial charge in [0.05, 0.1) is 10.9 Å². The van der Waals surface area contributed by atoms with Crippen LogP contribution < -0.4 is 10.6 Å². The predicted octanol–water partition coefficient (Wildman–Crippen LogP) is 4.74. The number of hydrogen-bond acceptors (Lipinski definition) is 5. The normalized spacial score (nSPS) is 14.4. The van der Waals surface area contributed by atoms with Crippen molar-refractivity contribution in [3.63, 3.8) is 0 Å². The molecular weight excluding hydrogens is 464 g/mol. The summed E-state index contributed by atoms with van der Waals surface area (Å²) in [6.07, 6.45) is 1.59. The molecule has 0 unspecified atom stereocenters. The number of hydrogen-bond donors (Lipinski definition) is 1. The Labute approximate surface area is 211 Å². The first-order valence-corrected chi connectivity index (χ1v) is 11.7. The fourth-order valence-electron chi connectivity index (χ4n) is 4.32. The number of para-hydroxylation sites is 1. The van der Waals surface area contributed by atoms with Gasteiger partial charge in [-0.2, -0.15) is 9.69 Å². The van der Waals surface area contributed by atoms with Crippen LogP contribution in [0.15, 0.2) is 125 Å². The molecule has 4 aromatic carbocycles. The van der Waals surface area contributed by atoms with E-state index in [1.165, 1.54) is 9.69 Å². The Kier molecular flexibility index (Phi) is 5.43. The molecule has 0 saturated heterocycles. The third-order valence-electron chi connectivity index (χ3n) is 6.03. The highest BCUT2D eigenvalue weighted by molar-refractivity contribution is 6.29. The van der Waals surface area contributed by atoms with E-state index in [1.807, 2.05) is 66.7 Å². The van der Waals surface area contributed by atoms with E-state index in [4.69, 9.17) is 4.98 Å². The number of carbonyl (C=O) groups excluding carboxylic acids is 1. The van der Waals surface area contributed by atoms with Crippen molar-refractivity contribution in [3.05, 3.63) is 136 Å². The van der Waals surface area contributed by atoms with E-state index in [0.717, 1.165) is 0 Å². The number of aromatic hydroxyl groups is 1. The van der Waals surface area contributed by atoms with Crippen LogP contribution in [0.2, 0.25) is 0 Å². The molecule has 7 heteroatoms. The quantitative estimate of drug-likeness (QED) is 0.374. The summed E-state index contributed by atoms with van der Waals surface area (Å²) in [5.41, 5.74) is 2.21. The number of benzene rings is 4. The number of nitrogens with zero attached hydrogens (tertiary/aromatic N) is 4. The molecule has 5 aromatic rings. The van der Waals surface area contributed by atoms with Gasteiger partial charge < -0.3 is 5.11 Å². The molecule has 1 aliphatic rings. The van der Waals surface area contributed by atoms with E-state index >= 15 is 0 Å². The van der Waals surface area contributed by atoms with Gasteiger partial charge in [-0.15, -0.1) is 0 Å². The smallest absolute Gasteiger partial charge is 0.297 e. The zero-order chi connectivity index (χ0) is 25.4. The van der Waals surface area contributed by atoms with Crippen molar-refractivity contribution in [2.75, 3.05) is 5.01 Å². The van der Waals surface area contributed by atoms with Gasteiger partial charge in [-0.3, -0.25) is 9.59 Å².